The molecule has 1 unspecified atom stereocenters. The number of thioether (sulfide) groups is 1. The molecule has 1 aliphatic heterocycles. The minimum atomic E-state index is 0.686. The van der Waals surface area contributed by atoms with E-state index in [1.165, 1.54) is 11.3 Å². The summed E-state index contributed by atoms with van der Waals surface area (Å²) in [5.74, 6) is 3.65. The highest BCUT2D eigenvalue weighted by Gasteiger charge is 2.24. The summed E-state index contributed by atoms with van der Waals surface area (Å²) in [6, 6.07) is 16.8. The Morgan fingerprint density at radius 1 is 1.19 bits per heavy atom. The van der Waals surface area contributed by atoms with Gasteiger partial charge in [0, 0.05) is 49.2 Å². The van der Waals surface area contributed by atoms with E-state index in [4.69, 9.17) is 0 Å². The predicted octanol–water partition coefficient (Wildman–Crippen LogP) is 4.07. The standard InChI is InChI=1S/C24H30N6S/c1-18-13-19(2)30(28-18)23-10-9-20(14-26-23)15-27-24(25-3)29-12-11-21(16-29)17-31-22-7-5-4-6-8-22/h4-10,13-14,21H,11-12,15-17H2,1-3H3,(H,25,27). The fourth-order valence-electron chi connectivity index (χ4n) is 3.91. The van der Waals surface area contributed by atoms with Crippen molar-refractivity contribution in [2.75, 3.05) is 25.9 Å². The lowest BCUT2D eigenvalue weighted by molar-refractivity contribution is 0.474. The molecular weight excluding hydrogens is 404 g/mol. The Hall–Kier alpha value is -2.80. The molecule has 0 bridgehead atoms. The topological polar surface area (TPSA) is 58.3 Å². The third-order valence-corrected chi connectivity index (χ3v) is 6.76. The van der Waals surface area contributed by atoms with Gasteiger partial charge in [0.2, 0.25) is 0 Å². The van der Waals surface area contributed by atoms with Crippen LogP contribution in [0.2, 0.25) is 0 Å². The Morgan fingerprint density at radius 3 is 2.71 bits per heavy atom. The summed E-state index contributed by atoms with van der Waals surface area (Å²) in [6.07, 6.45) is 3.12. The van der Waals surface area contributed by atoms with E-state index in [0.29, 0.717) is 12.5 Å². The van der Waals surface area contributed by atoms with Crippen LogP contribution in [0.25, 0.3) is 5.82 Å². The molecule has 0 amide bonds. The van der Waals surface area contributed by atoms with Crippen LogP contribution in [0.3, 0.4) is 0 Å². The number of nitrogens with one attached hydrogen (secondary N) is 1. The van der Waals surface area contributed by atoms with Gasteiger partial charge in [0.15, 0.2) is 11.8 Å². The summed E-state index contributed by atoms with van der Waals surface area (Å²) in [5, 5.41) is 8.01. The monoisotopic (exact) mass is 434 g/mol. The smallest absolute Gasteiger partial charge is 0.193 e. The van der Waals surface area contributed by atoms with Gasteiger partial charge in [-0.2, -0.15) is 5.10 Å². The number of nitrogens with zero attached hydrogens (tertiary/aromatic N) is 5. The van der Waals surface area contributed by atoms with Gasteiger partial charge in [0.05, 0.1) is 5.69 Å². The predicted molar refractivity (Wildman–Crippen MR) is 128 cm³/mol. The zero-order valence-corrected chi connectivity index (χ0v) is 19.3. The van der Waals surface area contributed by atoms with Crippen molar-refractivity contribution in [2.24, 2.45) is 10.9 Å². The zero-order valence-electron chi connectivity index (χ0n) is 18.5. The molecule has 1 N–H and O–H groups in total. The number of hydrogen-bond acceptors (Lipinski definition) is 4. The quantitative estimate of drug-likeness (QED) is 0.360. The van der Waals surface area contributed by atoms with E-state index in [0.717, 1.165) is 47.6 Å². The highest BCUT2D eigenvalue weighted by molar-refractivity contribution is 7.99. The van der Waals surface area contributed by atoms with Crippen LogP contribution in [0.15, 0.2) is 64.6 Å². The fourth-order valence-corrected chi connectivity index (χ4v) is 4.96. The average Bonchev–Trinajstić information content (AvgIpc) is 3.40. The van der Waals surface area contributed by atoms with Gasteiger partial charge in [-0.1, -0.05) is 24.3 Å². The van der Waals surface area contributed by atoms with E-state index in [-0.39, 0.29) is 0 Å². The van der Waals surface area contributed by atoms with Gasteiger partial charge in [-0.25, -0.2) is 9.67 Å². The second kappa shape index (κ2) is 10.0. The molecule has 0 radical (unpaired) electrons. The lowest BCUT2D eigenvalue weighted by atomic mass is 10.2. The Labute approximate surface area is 188 Å². The molecule has 7 heteroatoms. The van der Waals surface area contributed by atoms with Crippen LogP contribution in [0.5, 0.6) is 0 Å². The van der Waals surface area contributed by atoms with Crippen LogP contribution in [-0.2, 0) is 6.54 Å². The maximum Gasteiger partial charge on any atom is 0.193 e. The SMILES string of the molecule is CN=C(NCc1ccc(-n2nc(C)cc2C)nc1)N1CCC(CSc2ccccc2)C1. The van der Waals surface area contributed by atoms with Crippen LogP contribution in [0, 0.1) is 19.8 Å². The van der Waals surface area contributed by atoms with Crippen molar-refractivity contribution in [3.05, 3.63) is 71.7 Å². The van der Waals surface area contributed by atoms with Gasteiger partial charge in [-0.15, -0.1) is 11.8 Å². The molecule has 1 saturated heterocycles. The number of rotatable bonds is 6. The molecule has 31 heavy (non-hydrogen) atoms. The van der Waals surface area contributed by atoms with Crippen LogP contribution in [0.1, 0.15) is 23.4 Å². The Balaban J connectivity index is 1.28. The number of likely N-dealkylation sites (tertiary alicyclic amines) is 1. The molecule has 162 valence electrons. The third-order valence-electron chi connectivity index (χ3n) is 5.51. The normalized spacial score (nSPS) is 16.7. The van der Waals surface area contributed by atoms with E-state index in [2.05, 4.69) is 67.8 Å². The van der Waals surface area contributed by atoms with Crippen molar-refractivity contribution in [2.45, 2.75) is 31.7 Å². The summed E-state index contributed by atoms with van der Waals surface area (Å²) in [6.45, 7) is 6.85. The molecular formula is C24H30N6S. The molecule has 4 rings (SSSR count). The van der Waals surface area contributed by atoms with Gasteiger partial charge < -0.3 is 10.2 Å². The summed E-state index contributed by atoms with van der Waals surface area (Å²) in [7, 11) is 1.86. The van der Waals surface area contributed by atoms with E-state index in [1.807, 2.05) is 49.6 Å². The number of guanidine groups is 1. The van der Waals surface area contributed by atoms with E-state index in [9.17, 15) is 0 Å². The first-order chi connectivity index (χ1) is 15.1. The summed E-state index contributed by atoms with van der Waals surface area (Å²) >= 11 is 1.95. The first-order valence-corrected chi connectivity index (χ1v) is 11.7. The van der Waals surface area contributed by atoms with E-state index < -0.39 is 0 Å². The number of aryl methyl sites for hydroxylation is 2. The minimum Gasteiger partial charge on any atom is -0.352 e. The second-order valence-corrected chi connectivity index (χ2v) is 9.08. The van der Waals surface area contributed by atoms with Crippen molar-refractivity contribution >= 4 is 17.7 Å². The highest BCUT2D eigenvalue weighted by Crippen LogP contribution is 2.25. The molecule has 3 heterocycles. The van der Waals surface area contributed by atoms with E-state index in [1.54, 1.807) is 0 Å². The first-order valence-electron chi connectivity index (χ1n) is 10.7. The third kappa shape index (κ3) is 5.47. The van der Waals surface area contributed by atoms with Crippen molar-refractivity contribution in [1.29, 1.82) is 0 Å². The Bertz CT molecular complexity index is 1010. The lowest BCUT2D eigenvalue weighted by Crippen LogP contribution is -2.39. The van der Waals surface area contributed by atoms with Crippen molar-refractivity contribution < 1.29 is 0 Å². The molecule has 0 aliphatic carbocycles. The molecule has 1 atom stereocenters. The zero-order chi connectivity index (χ0) is 21.6. The van der Waals surface area contributed by atoms with Gasteiger partial charge >= 0.3 is 0 Å². The lowest BCUT2D eigenvalue weighted by Gasteiger charge is -2.21. The largest absolute Gasteiger partial charge is 0.352 e. The summed E-state index contributed by atoms with van der Waals surface area (Å²) in [4.78, 5) is 12.8. The van der Waals surface area contributed by atoms with Crippen LogP contribution in [-0.4, -0.2) is 51.5 Å². The number of aliphatic imine (C=N–C) groups is 1. The van der Waals surface area contributed by atoms with E-state index >= 15 is 0 Å². The van der Waals surface area contributed by atoms with Crippen molar-refractivity contribution in [3.8, 4) is 5.82 Å². The minimum absolute atomic E-state index is 0.686. The number of benzene rings is 1. The van der Waals surface area contributed by atoms with Crippen LogP contribution < -0.4 is 5.32 Å². The molecule has 6 nitrogen and oxygen atoms in total. The van der Waals surface area contributed by atoms with Gasteiger partial charge in [0.1, 0.15) is 0 Å². The van der Waals surface area contributed by atoms with Gasteiger partial charge in [-0.05, 0) is 56.0 Å². The maximum absolute atomic E-state index is 4.59. The summed E-state index contributed by atoms with van der Waals surface area (Å²) in [5.41, 5.74) is 3.21. The van der Waals surface area contributed by atoms with Crippen LogP contribution >= 0.6 is 11.8 Å². The molecule has 2 aromatic heterocycles. The highest BCUT2D eigenvalue weighted by atomic mass is 32.2. The van der Waals surface area contributed by atoms with Gasteiger partial charge in [0.25, 0.3) is 0 Å². The summed E-state index contributed by atoms with van der Waals surface area (Å²) < 4.78 is 1.88. The number of hydrogen-bond donors (Lipinski definition) is 1. The molecule has 0 spiro atoms. The molecule has 1 fully saturated rings. The Kier molecular flexibility index (Phi) is 6.92. The molecule has 3 aromatic rings. The fraction of sp³-hybridized carbons (Fsp3) is 0.375. The molecule has 0 saturated carbocycles. The Morgan fingerprint density at radius 2 is 2.03 bits per heavy atom. The number of pyridine rings is 1. The maximum atomic E-state index is 4.59. The molecule has 1 aliphatic rings. The van der Waals surface area contributed by atoms with Crippen molar-refractivity contribution in [1.82, 2.24) is 25.0 Å². The van der Waals surface area contributed by atoms with Gasteiger partial charge in [-0.3, -0.25) is 4.99 Å². The second-order valence-electron chi connectivity index (χ2n) is 7.99. The first kappa shape index (κ1) is 21.4. The van der Waals surface area contributed by atoms with Crippen LogP contribution in [0.4, 0.5) is 0 Å². The average molecular weight is 435 g/mol. The molecule has 1 aromatic carbocycles. The van der Waals surface area contributed by atoms with Crippen molar-refractivity contribution in [3.63, 3.8) is 0 Å². The number of aromatic nitrogens is 3.